The van der Waals surface area contributed by atoms with Gasteiger partial charge in [0.25, 0.3) is 0 Å². The van der Waals surface area contributed by atoms with Crippen LogP contribution >= 0.6 is 0 Å². The third-order valence-corrected chi connectivity index (χ3v) is 4.27. The van der Waals surface area contributed by atoms with E-state index in [1.165, 1.54) is 11.1 Å². The van der Waals surface area contributed by atoms with E-state index in [-0.39, 0.29) is 11.9 Å². The first-order chi connectivity index (χ1) is 11.3. The lowest BCUT2D eigenvalue weighted by Crippen LogP contribution is -2.47. The predicted molar refractivity (Wildman–Crippen MR) is 89.8 cm³/mol. The fraction of sp³-hybridized carbons (Fsp3) is 0.316. The summed E-state index contributed by atoms with van der Waals surface area (Å²) in [6.45, 7) is 1.83. The summed E-state index contributed by atoms with van der Waals surface area (Å²) in [4.78, 5) is 12.4. The third-order valence-electron chi connectivity index (χ3n) is 4.27. The summed E-state index contributed by atoms with van der Waals surface area (Å²) in [5, 5.41) is 6.36. The number of methoxy groups -OCH3 is 1. The highest BCUT2D eigenvalue weighted by molar-refractivity contribution is 5.82. The second kappa shape index (κ2) is 7.40. The van der Waals surface area contributed by atoms with E-state index in [0.29, 0.717) is 13.2 Å². The molecule has 2 N–H and O–H groups in total. The molecule has 4 heteroatoms. The molecular weight excluding hydrogens is 288 g/mol. The molecule has 0 saturated heterocycles. The van der Waals surface area contributed by atoms with Gasteiger partial charge in [0.15, 0.2) is 0 Å². The van der Waals surface area contributed by atoms with Gasteiger partial charge in [-0.2, -0.15) is 0 Å². The lowest BCUT2D eigenvalue weighted by molar-refractivity contribution is -0.123. The molecule has 23 heavy (non-hydrogen) atoms. The summed E-state index contributed by atoms with van der Waals surface area (Å²) in [6.07, 6.45) is 0.738. The molecule has 1 aliphatic rings. The Bertz CT molecular complexity index is 685. The van der Waals surface area contributed by atoms with Crippen molar-refractivity contribution in [3.8, 4) is 0 Å². The maximum Gasteiger partial charge on any atom is 0.237 e. The van der Waals surface area contributed by atoms with Gasteiger partial charge in [-0.1, -0.05) is 48.5 Å². The first-order valence-corrected chi connectivity index (χ1v) is 7.91. The molecular formula is C19H22N2O2. The van der Waals surface area contributed by atoms with Crippen LogP contribution in [0.2, 0.25) is 0 Å². The first-order valence-electron chi connectivity index (χ1n) is 7.91. The summed E-state index contributed by atoms with van der Waals surface area (Å²) in [5.41, 5.74) is 4.74. The zero-order valence-electron chi connectivity index (χ0n) is 13.3. The number of benzene rings is 2. The minimum atomic E-state index is -0.167. The molecule has 1 unspecified atom stereocenters. The van der Waals surface area contributed by atoms with Gasteiger partial charge in [-0.3, -0.25) is 4.79 Å². The highest BCUT2D eigenvalue weighted by atomic mass is 16.5. The Morgan fingerprint density at radius 2 is 1.83 bits per heavy atom. The van der Waals surface area contributed by atoms with Gasteiger partial charge in [-0.25, -0.2) is 0 Å². The first kappa shape index (κ1) is 15.7. The van der Waals surface area contributed by atoms with Gasteiger partial charge < -0.3 is 15.4 Å². The van der Waals surface area contributed by atoms with Crippen LogP contribution in [0.1, 0.15) is 22.3 Å². The standard InChI is InChI=1S/C19H22N2O2/c1-23-13-17-9-5-4-8-16(17)12-21-19(22)18-10-14-6-2-3-7-15(14)11-20-18/h2-9,18,20H,10-13H2,1H3,(H,21,22). The summed E-state index contributed by atoms with van der Waals surface area (Å²) < 4.78 is 5.21. The summed E-state index contributed by atoms with van der Waals surface area (Å²) in [6, 6.07) is 16.1. The molecule has 0 fully saturated rings. The average Bonchev–Trinajstić information content (AvgIpc) is 2.60. The molecule has 0 bridgehead atoms. The van der Waals surface area contributed by atoms with Gasteiger partial charge in [0.2, 0.25) is 5.91 Å². The van der Waals surface area contributed by atoms with Crippen LogP contribution in [0.25, 0.3) is 0 Å². The predicted octanol–water partition coefficient (Wildman–Crippen LogP) is 2.16. The van der Waals surface area contributed by atoms with Crippen molar-refractivity contribution in [1.29, 1.82) is 0 Å². The van der Waals surface area contributed by atoms with Crippen molar-refractivity contribution in [3.05, 3.63) is 70.8 Å². The number of ether oxygens (including phenoxy) is 1. The lowest BCUT2D eigenvalue weighted by Gasteiger charge is -2.25. The molecule has 0 radical (unpaired) electrons. The molecule has 4 nitrogen and oxygen atoms in total. The summed E-state index contributed by atoms with van der Waals surface area (Å²) in [7, 11) is 1.68. The topological polar surface area (TPSA) is 50.4 Å². The van der Waals surface area contributed by atoms with E-state index in [9.17, 15) is 4.79 Å². The van der Waals surface area contributed by atoms with Gasteiger partial charge in [0, 0.05) is 20.2 Å². The number of nitrogens with one attached hydrogen (secondary N) is 2. The molecule has 0 aliphatic carbocycles. The van der Waals surface area contributed by atoms with E-state index < -0.39 is 0 Å². The monoisotopic (exact) mass is 310 g/mol. The zero-order valence-corrected chi connectivity index (χ0v) is 13.3. The lowest BCUT2D eigenvalue weighted by atomic mass is 9.95. The van der Waals surface area contributed by atoms with Crippen LogP contribution < -0.4 is 10.6 Å². The number of fused-ring (bicyclic) bond motifs is 1. The van der Waals surface area contributed by atoms with E-state index in [2.05, 4.69) is 22.8 Å². The Labute approximate surface area is 136 Å². The molecule has 120 valence electrons. The highest BCUT2D eigenvalue weighted by Gasteiger charge is 2.23. The van der Waals surface area contributed by atoms with Gasteiger partial charge in [-0.15, -0.1) is 0 Å². The van der Waals surface area contributed by atoms with Crippen molar-refractivity contribution in [2.24, 2.45) is 0 Å². The van der Waals surface area contributed by atoms with Crippen LogP contribution in [-0.2, 0) is 35.6 Å². The minimum absolute atomic E-state index is 0.0479. The van der Waals surface area contributed by atoms with E-state index in [4.69, 9.17) is 4.74 Å². The molecule has 3 rings (SSSR count). The molecule has 1 atom stereocenters. The number of carbonyl (C=O) groups excluding carboxylic acids is 1. The van der Waals surface area contributed by atoms with Gasteiger partial charge >= 0.3 is 0 Å². The second-order valence-corrected chi connectivity index (χ2v) is 5.83. The van der Waals surface area contributed by atoms with Crippen molar-refractivity contribution >= 4 is 5.91 Å². The minimum Gasteiger partial charge on any atom is -0.380 e. The van der Waals surface area contributed by atoms with Crippen molar-refractivity contribution in [1.82, 2.24) is 10.6 Å². The quantitative estimate of drug-likeness (QED) is 0.890. The molecule has 0 aromatic heterocycles. The summed E-state index contributed by atoms with van der Waals surface area (Å²) >= 11 is 0. The van der Waals surface area contributed by atoms with E-state index in [0.717, 1.165) is 24.1 Å². The number of carbonyl (C=O) groups is 1. The van der Waals surface area contributed by atoms with Crippen LogP contribution in [0, 0.1) is 0 Å². The second-order valence-electron chi connectivity index (χ2n) is 5.83. The van der Waals surface area contributed by atoms with Crippen molar-refractivity contribution in [2.45, 2.75) is 32.2 Å². The van der Waals surface area contributed by atoms with Crippen LogP contribution in [-0.4, -0.2) is 19.1 Å². The van der Waals surface area contributed by atoms with E-state index in [1.807, 2.05) is 36.4 Å². The Morgan fingerprint density at radius 3 is 2.61 bits per heavy atom. The maximum absolute atomic E-state index is 12.4. The van der Waals surface area contributed by atoms with Gasteiger partial charge in [0.1, 0.15) is 0 Å². The number of hydrogen-bond acceptors (Lipinski definition) is 3. The Morgan fingerprint density at radius 1 is 1.13 bits per heavy atom. The fourth-order valence-electron chi connectivity index (χ4n) is 2.97. The SMILES string of the molecule is COCc1ccccc1CNC(=O)C1Cc2ccccc2CN1. The fourth-order valence-corrected chi connectivity index (χ4v) is 2.97. The van der Waals surface area contributed by atoms with Gasteiger partial charge in [-0.05, 0) is 28.7 Å². The molecule has 1 heterocycles. The number of rotatable bonds is 5. The van der Waals surface area contributed by atoms with Crippen LogP contribution in [0.4, 0.5) is 0 Å². The number of amides is 1. The van der Waals surface area contributed by atoms with Gasteiger partial charge in [0.05, 0.1) is 12.6 Å². The van der Waals surface area contributed by atoms with Crippen molar-refractivity contribution in [3.63, 3.8) is 0 Å². The average molecular weight is 310 g/mol. The number of hydrogen-bond donors (Lipinski definition) is 2. The van der Waals surface area contributed by atoms with E-state index in [1.54, 1.807) is 7.11 Å². The largest absolute Gasteiger partial charge is 0.380 e. The van der Waals surface area contributed by atoms with E-state index >= 15 is 0 Å². The smallest absolute Gasteiger partial charge is 0.237 e. The zero-order chi connectivity index (χ0) is 16.1. The van der Waals surface area contributed by atoms with Crippen LogP contribution in [0.3, 0.4) is 0 Å². The molecule has 1 amide bonds. The Kier molecular flexibility index (Phi) is 5.05. The van der Waals surface area contributed by atoms with Crippen molar-refractivity contribution < 1.29 is 9.53 Å². The molecule has 0 saturated carbocycles. The maximum atomic E-state index is 12.4. The molecule has 2 aromatic carbocycles. The molecule has 1 aliphatic heterocycles. The van der Waals surface area contributed by atoms with Crippen LogP contribution in [0.15, 0.2) is 48.5 Å². The van der Waals surface area contributed by atoms with Crippen molar-refractivity contribution in [2.75, 3.05) is 7.11 Å². The normalized spacial score (nSPS) is 16.7. The van der Waals surface area contributed by atoms with Crippen LogP contribution in [0.5, 0.6) is 0 Å². The Hall–Kier alpha value is -2.17. The third kappa shape index (κ3) is 3.78. The molecule has 2 aromatic rings. The summed E-state index contributed by atoms with van der Waals surface area (Å²) in [5.74, 6) is 0.0479. The highest BCUT2D eigenvalue weighted by Crippen LogP contribution is 2.16. The Balaban J connectivity index is 1.60. The molecule has 0 spiro atoms.